The molecule has 3 aromatic rings. The summed E-state index contributed by atoms with van der Waals surface area (Å²) < 4.78 is 7.54. The fourth-order valence-electron chi connectivity index (χ4n) is 3.28. The maximum absolute atomic E-state index is 9.67. The third kappa shape index (κ3) is 2.52. The van der Waals surface area contributed by atoms with E-state index < -0.39 is 0 Å². The van der Waals surface area contributed by atoms with Gasteiger partial charge in [-0.3, -0.25) is 0 Å². The van der Waals surface area contributed by atoms with Gasteiger partial charge in [0.1, 0.15) is 11.6 Å². The average Bonchev–Trinajstić information content (AvgIpc) is 2.97. The first-order valence-corrected chi connectivity index (χ1v) is 8.46. The van der Waals surface area contributed by atoms with Crippen molar-refractivity contribution >= 4 is 11.6 Å². The van der Waals surface area contributed by atoms with E-state index in [0.29, 0.717) is 16.5 Å². The number of nitrogens with two attached hydrogens (primary N) is 1. The summed E-state index contributed by atoms with van der Waals surface area (Å²) in [4.78, 5) is 0. The van der Waals surface area contributed by atoms with E-state index in [1.54, 1.807) is 10.7 Å². The minimum Gasteiger partial charge on any atom is -0.422 e. The highest BCUT2D eigenvalue weighted by Crippen LogP contribution is 2.44. The highest BCUT2D eigenvalue weighted by atomic mass is 35.5. The summed E-state index contributed by atoms with van der Waals surface area (Å²) in [5.41, 5.74) is 9.77. The number of hydrogen-bond donors (Lipinski definition) is 1. The number of allylic oxidation sites excluding steroid dienone is 1. The molecule has 1 aromatic heterocycles. The van der Waals surface area contributed by atoms with Gasteiger partial charge < -0.3 is 10.5 Å². The van der Waals surface area contributed by atoms with E-state index >= 15 is 0 Å². The zero-order valence-electron chi connectivity index (χ0n) is 14.0. The normalized spacial score (nSPS) is 16.0. The molecule has 0 spiro atoms. The van der Waals surface area contributed by atoms with Gasteiger partial charge in [0, 0.05) is 5.02 Å². The number of nitriles is 1. The Morgan fingerprint density at radius 3 is 2.65 bits per heavy atom. The van der Waals surface area contributed by atoms with Gasteiger partial charge >= 0.3 is 0 Å². The molecule has 0 saturated heterocycles. The zero-order valence-corrected chi connectivity index (χ0v) is 14.7. The Bertz CT molecular complexity index is 1060. The van der Waals surface area contributed by atoms with Gasteiger partial charge in [0.25, 0.3) is 0 Å². The Hall–Kier alpha value is -3.23. The van der Waals surface area contributed by atoms with Crippen molar-refractivity contribution in [2.24, 2.45) is 5.73 Å². The number of hydrogen-bond acceptors (Lipinski definition) is 4. The predicted octanol–water partition coefficient (Wildman–Crippen LogP) is 4.05. The zero-order chi connectivity index (χ0) is 18.3. The van der Waals surface area contributed by atoms with Crippen LogP contribution in [0.3, 0.4) is 0 Å². The minimum atomic E-state index is -0.375. The molecule has 5 nitrogen and oxygen atoms in total. The molecule has 1 aliphatic rings. The van der Waals surface area contributed by atoms with Crippen molar-refractivity contribution < 1.29 is 4.74 Å². The molecule has 0 aliphatic carbocycles. The fourth-order valence-corrected chi connectivity index (χ4v) is 3.48. The van der Waals surface area contributed by atoms with Crippen LogP contribution in [0.4, 0.5) is 0 Å². The van der Waals surface area contributed by atoms with Gasteiger partial charge in [0.15, 0.2) is 0 Å². The van der Waals surface area contributed by atoms with Crippen LogP contribution < -0.4 is 10.5 Å². The molecule has 6 heteroatoms. The topological polar surface area (TPSA) is 76.9 Å². The first kappa shape index (κ1) is 16.2. The summed E-state index contributed by atoms with van der Waals surface area (Å²) in [5, 5.41) is 14.9. The predicted molar refractivity (Wildman–Crippen MR) is 99.1 cm³/mol. The maximum atomic E-state index is 9.67. The average molecular weight is 363 g/mol. The quantitative estimate of drug-likeness (QED) is 0.746. The van der Waals surface area contributed by atoms with Crippen molar-refractivity contribution in [3.63, 3.8) is 0 Å². The van der Waals surface area contributed by atoms with Crippen molar-refractivity contribution in [1.29, 1.82) is 5.26 Å². The van der Waals surface area contributed by atoms with Crippen LogP contribution in [-0.2, 0) is 0 Å². The SMILES string of the molecule is Cc1nn(-c2ccccc2)c2c1C(c1cccc(Cl)c1)C(C#N)=C(N)O2. The number of halogens is 1. The largest absolute Gasteiger partial charge is 0.422 e. The van der Waals surface area contributed by atoms with Crippen LogP contribution in [0.2, 0.25) is 5.02 Å². The Balaban J connectivity index is 1.97. The van der Waals surface area contributed by atoms with Crippen molar-refractivity contribution in [3.05, 3.63) is 87.9 Å². The minimum absolute atomic E-state index is 0.0852. The highest BCUT2D eigenvalue weighted by molar-refractivity contribution is 6.30. The number of fused-ring (bicyclic) bond motifs is 1. The lowest BCUT2D eigenvalue weighted by molar-refractivity contribution is 0.367. The number of aryl methyl sites for hydroxylation is 1. The summed E-state index contributed by atoms with van der Waals surface area (Å²) >= 11 is 6.18. The second-order valence-corrected chi connectivity index (χ2v) is 6.47. The van der Waals surface area contributed by atoms with Crippen molar-refractivity contribution in [1.82, 2.24) is 9.78 Å². The van der Waals surface area contributed by atoms with Crippen LogP contribution >= 0.6 is 11.6 Å². The van der Waals surface area contributed by atoms with Gasteiger partial charge in [0.2, 0.25) is 11.8 Å². The van der Waals surface area contributed by atoms with Gasteiger partial charge in [-0.1, -0.05) is 41.9 Å². The molecule has 1 atom stereocenters. The van der Waals surface area contributed by atoms with Crippen molar-refractivity contribution in [2.75, 3.05) is 0 Å². The molecule has 128 valence electrons. The number of ether oxygens (including phenoxy) is 1. The van der Waals surface area contributed by atoms with E-state index in [0.717, 1.165) is 22.5 Å². The van der Waals surface area contributed by atoms with Crippen LogP contribution in [0.25, 0.3) is 5.69 Å². The molecule has 1 unspecified atom stereocenters. The number of benzene rings is 2. The number of para-hydroxylation sites is 1. The molecule has 0 bridgehead atoms. The molecular weight excluding hydrogens is 348 g/mol. The second kappa shape index (κ2) is 6.25. The third-order valence-electron chi connectivity index (χ3n) is 4.42. The van der Waals surface area contributed by atoms with Gasteiger partial charge in [-0.05, 0) is 36.8 Å². The van der Waals surface area contributed by atoms with E-state index in [-0.39, 0.29) is 11.8 Å². The lowest BCUT2D eigenvalue weighted by Gasteiger charge is -2.25. The molecule has 0 saturated carbocycles. The summed E-state index contributed by atoms with van der Waals surface area (Å²) in [5.74, 6) is 0.233. The van der Waals surface area contributed by atoms with Gasteiger partial charge in [-0.2, -0.15) is 10.4 Å². The van der Waals surface area contributed by atoms with Gasteiger partial charge in [-0.25, -0.2) is 4.68 Å². The summed E-state index contributed by atoms with van der Waals surface area (Å²) in [6, 6.07) is 19.3. The van der Waals surface area contributed by atoms with Gasteiger partial charge in [0.05, 0.1) is 22.9 Å². The van der Waals surface area contributed by atoms with E-state index in [2.05, 4.69) is 11.2 Å². The molecule has 0 radical (unpaired) electrons. The number of aromatic nitrogens is 2. The van der Waals surface area contributed by atoms with Crippen LogP contribution in [0.1, 0.15) is 22.7 Å². The Morgan fingerprint density at radius 2 is 1.96 bits per heavy atom. The molecule has 0 amide bonds. The Morgan fingerprint density at radius 1 is 1.19 bits per heavy atom. The lowest BCUT2D eigenvalue weighted by atomic mass is 9.84. The van der Waals surface area contributed by atoms with Crippen LogP contribution in [0, 0.1) is 18.3 Å². The molecule has 0 fully saturated rings. The standard InChI is InChI=1S/C20H15ClN4O/c1-12-17-18(13-6-5-7-14(21)10-13)16(11-22)19(23)26-20(17)25(24-12)15-8-3-2-4-9-15/h2-10,18H,23H2,1H3. The molecule has 4 rings (SSSR count). The molecule has 2 aromatic carbocycles. The first-order valence-electron chi connectivity index (χ1n) is 8.08. The Labute approximate surface area is 155 Å². The van der Waals surface area contributed by atoms with E-state index in [9.17, 15) is 5.26 Å². The summed E-state index contributed by atoms with van der Waals surface area (Å²) in [7, 11) is 0. The number of nitrogens with zero attached hydrogens (tertiary/aromatic N) is 3. The van der Waals surface area contributed by atoms with Crippen LogP contribution in [0.15, 0.2) is 66.1 Å². The van der Waals surface area contributed by atoms with Crippen molar-refractivity contribution in [3.8, 4) is 17.6 Å². The third-order valence-corrected chi connectivity index (χ3v) is 4.65. The number of rotatable bonds is 2. The highest BCUT2D eigenvalue weighted by Gasteiger charge is 2.36. The molecule has 2 N–H and O–H groups in total. The van der Waals surface area contributed by atoms with Crippen LogP contribution in [0.5, 0.6) is 5.88 Å². The van der Waals surface area contributed by atoms with E-state index in [4.69, 9.17) is 22.1 Å². The second-order valence-electron chi connectivity index (χ2n) is 6.03. The molecular formula is C20H15ClN4O. The lowest BCUT2D eigenvalue weighted by Crippen LogP contribution is -2.22. The smallest absolute Gasteiger partial charge is 0.229 e. The van der Waals surface area contributed by atoms with Gasteiger partial charge in [-0.15, -0.1) is 0 Å². The molecule has 1 aliphatic heterocycles. The Kier molecular flexibility index (Phi) is 3.90. The van der Waals surface area contributed by atoms with Crippen LogP contribution in [-0.4, -0.2) is 9.78 Å². The van der Waals surface area contributed by atoms with E-state index in [1.807, 2.05) is 55.5 Å². The molecule has 2 heterocycles. The first-order chi connectivity index (χ1) is 12.6. The molecule has 26 heavy (non-hydrogen) atoms. The summed E-state index contributed by atoms with van der Waals surface area (Å²) in [6.07, 6.45) is 0. The monoisotopic (exact) mass is 362 g/mol. The van der Waals surface area contributed by atoms with Crippen molar-refractivity contribution in [2.45, 2.75) is 12.8 Å². The fraction of sp³-hybridized carbons (Fsp3) is 0.100. The summed E-state index contributed by atoms with van der Waals surface area (Å²) in [6.45, 7) is 1.90. The maximum Gasteiger partial charge on any atom is 0.229 e. The van der Waals surface area contributed by atoms with E-state index in [1.165, 1.54) is 0 Å².